The number of phenolic OH excluding ortho intramolecular Hbond substituents is 1. The SMILES string of the molecule is COC(C)(C)c1noc(-c2ccccc2O)n1. The summed E-state index contributed by atoms with van der Waals surface area (Å²) >= 11 is 0. The van der Waals surface area contributed by atoms with Gasteiger partial charge in [-0.2, -0.15) is 4.98 Å². The zero-order valence-electron chi connectivity index (χ0n) is 9.97. The number of nitrogens with zero attached hydrogens (tertiary/aromatic N) is 2. The van der Waals surface area contributed by atoms with Crippen LogP contribution in [0.25, 0.3) is 11.5 Å². The van der Waals surface area contributed by atoms with Crippen molar-refractivity contribution in [2.45, 2.75) is 19.4 Å². The van der Waals surface area contributed by atoms with E-state index in [9.17, 15) is 5.11 Å². The van der Waals surface area contributed by atoms with E-state index in [0.717, 1.165) is 0 Å². The highest BCUT2D eigenvalue weighted by atomic mass is 16.5. The fourth-order valence-corrected chi connectivity index (χ4v) is 1.32. The Bertz CT molecular complexity index is 520. The first-order chi connectivity index (χ1) is 8.04. The molecule has 2 aromatic rings. The largest absolute Gasteiger partial charge is 0.507 e. The van der Waals surface area contributed by atoms with Gasteiger partial charge in [0.2, 0.25) is 5.82 Å². The summed E-state index contributed by atoms with van der Waals surface area (Å²) in [7, 11) is 1.58. The third kappa shape index (κ3) is 2.14. The van der Waals surface area contributed by atoms with E-state index in [1.165, 1.54) is 0 Å². The number of methoxy groups -OCH3 is 1. The normalized spacial score (nSPS) is 11.7. The van der Waals surface area contributed by atoms with Crippen LogP contribution in [0.1, 0.15) is 19.7 Å². The van der Waals surface area contributed by atoms with Gasteiger partial charge in [0.25, 0.3) is 5.89 Å². The van der Waals surface area contributed by atoms with Crippen LogP contribution in [0.15, 0.2) is 28.8 Å². The molecule has 0 spiro atoms. The van der Waals surface area contributed by atoms with Crippen LogP contribution in [0.4, 0.5) is 0 Å². The highest BCUT2D eigenvalue weighted by molar-refractivity contribution is 5.61. The molecule has 0 bridgehead atoms. The van der Waals surface area contributed by atoms with Gasteiger partial charge in [0.15, 0.2) is 0 Å². The minimum Gasteiger partial charge on any atom is -0.507 e. The number of aromatic nitrogens is 2. The fourth-order valence-electron chi connectivity index (χ4n) is 1.32. The van der Waals surface area contributed by atoms with Crippen molar-refractivity contribution in [1.82, 2.24) is 10.1 Å². The van der Waals surface area contributed by atoms with Crippen molar-refractivity contribution in [3.63, 3.8) is 0 Å². The predicted octanol–water partition coefficient (Wildman–Crippen LogP) is 2.32. The molecule has 5 heteroatoms. The Morgan fingerprint density at radius 1 is 1.29 bits per heavy atom. The van der Waals surface area contributed by atoms with Gasteiger partial charge in [-0.15, -0.1) is 0 Å². The summed E-state index contributed by atoms with van der Waals surface area (Å²) < 4.78 is 10.4. The van der Waals surface area contributed by atoms with Gasteiger partial charge in [-0.05, 0) is 26.0 Å². The van der Waals surface area contributed by atoms with Crippen LogP contribution in [0, 0.1) is 0 Å². The predicted molar refractivity (Wildman–Crippen MR) is 61.4 cm³/mol. The molecule has 0 radical (unpaired) electrons. The summed E-state index contributed by atoms with van der Waals surface area (Å²) in [6, 6.07) is 6.81. The zero-order valence-corrected chi connectivity index (χ0v) is 9.97. The Labute approximate surface area is 99.0 Å². The van der Waals surface area contributed by atoms with Crippen LogP contribution in [-0.2, 0) is 10.3 Å². The van der Waals surface area contributed by atoms with Gasteiger partial charge in [0, 0.05) is 7.11 Å². The van der Waals surface area contributed by atoms with Crippen molar-refractivity contribution in [2.75, 3.05) is 7.11 Å². The van der Waals surface area contributed by atoms with Crippen molar-refractivity contribution in [2.24, 2.45) is 0 Å². The van der Waals surface area contributed by atoms with Crippen molar-refractivity contribution in [1.29, 1.82) is 0 Å². The van der Waals surface area contributed by atoms with E-state index in [-0.39, 0.29) is 11.6 Å². The third-order valence-electron chi connectivity index (χ3n) is 2.61. The highest BCUT2D eigenvalue weighted by Crippen LogP contribution is 2.29. The molecule has 90 valence electrons. The Balaban J connectivity index is 2.40. The molecule has 1 aromatic carbocycles. The molecule has 0 aliphatic heterocycles. The number of hydrogen-bond donors (Lipinski definition) is 1. The van der Waals surface area contributed by atoms with Gasteiger partial charge in [0.05, 0.1) is 5.56 Å². The lowest BCUT2D eigenvalue weighted by Crippen LogP contribution is -2.21. The minimum atomic E-state index is -0.619. The lowest BCUT2D eigenvalue weighted by molar-refractivity contribution is 0.00973. The molecule has 0 unspecified atom stereocenters. The van der Waals surface area contributed by atoms with Gasteiger partial charge in [-0.3, -0.25) is 0 Å². The van der Waals surface area contributed by atoms with Crippen LogP contribution >= 0.6 is 0 Å². The standard InChI is InChI=1S/C12H14N2O3/c1-12(2,16-3)11-13-10(17-14-11)8-6-4-5-7-9(8)15/h4-7,15H,1-3H3. The molecule has 0 atom stereocenters. The average molecular weight is 234 g/mol. The molecule has 2 rings (SSSR count). The first-order valence-corrected chi connectivity index (χ1v) is 5.22. The highest BCUT2D eigenvalue weighted by Gasteiger charge is 2.26. The Morgan fingerprint density at radius 3 is 2.65 bits per heavy atom. The number of rotatable bonds is 3. The molecular formula is C12H14N2O3. The molecule has 1 aromatic heterocycles. The van der Waals surface area contributed by atoms with E-state index in [2.05, 4.69) is 10.1 Å². The Kier molecular flexibility index (Phi) is 2.85. The summed E-state index contributed by atoms with van der Waals surface area (Å²) in [4.78, 5) is 4.22. The second-order valence-electron chi connectivity index (χ2n) is 4.15. The number of ether oxygens (including phenoxy) is 1. The second kappa shape index (κ2) is 4.18. The minimum absolute atomic E-state index is 0.109. The smallest absolute Gasteiger partial charge is 0.261 e. The summed E-state index contributed by atoms with van der Waals surface area (Å²) in [5.74, 6) is 0.833. The van der Waals surface area contributed by atoms with E-state index in [0.29, 0.717) is 11.4 Å². The Hall–Kier alpha value is -1.88. The Morgan fingerprint density at radius 2 is 2.00 bits per heavy atom. The topological polar surface area (TPSA) is 68.4 Å². The molecule has 0 fully saturated rings. The van der Waals surface area contributed by atoms with Crippen molar-refractivity contribution >= 4 is 0 Å². The van der Waals surface area contributed by atoms with E-state index < -0.39 is 5.60 Å². The van der Waals surface area contributed by atoms with E-state index in [1.54, 1.807) is 31.4 Å². The number of phenols is 1. The summed E-state index contributed by atoms with van der Waals surface area (Å²) in [5, 5.41) is 13.5. The first-order valence-electron chi connectivity index (χ1n) is 5.22. The van der Waals surface area contributed by atoms with Gasteiger partial charge in [-0.1, -0.05) is 17.3 Å². The van der Waals surface area contributed by atoms with E-state index in [4.69, 9.17) is 9.26 Å². The molecule has 0 aliphatic rings. The van der Waals surface area contributed by atoms with Crippen molar-refractivity contribution in [3.8, 4) is 17.2 Å². The van der Waals surface area contributed by atoms with Crippen LogP contribution in [0.2, 0.25) is 0 Å². The molecule has 0 saturated carbocycles. The lowest BCUT2D eigenvalue weighted by Gasteiger charge is -2.17. The maximum Gasteiger partial charge on any atom is 0.261 e. The molecule has 1 heterocycles. The maximum absolute atomic E-state index is 9.67. The molecule has 0 aliphatic carbocycles. The molecule has 0 saturated heterocycles. The first kappa shape index (κ1) is 11.6. The van der Waals surface area contributed by atoms with E-state index in [1.807, 2.05) is 13.8 Å². The average Bonchev–Trinajstić information content (AvgIpc) is 2.79. The second-order valence-corrected chi connectivity index (χ2v) is 4.15. The number of benzene rings is 1. The van der Waals surface area contributed by atoms with E-state index >= 15 is 0 Å². The van der Waals surface area contributed by atoms with Crippen LogP contribution in [0.3, 0.4) is 0 Å². The van der Waals surface area contributed by atoms with Gasteiger partial charge < -0.3 is 14.4 Å². The summed E-state index contributed by atoms with van der Waals surface area (Å²) in [6.45, 7) is 3.68. The fraction of sp³-hybridized carbons (Fsp3) is 0.333. The number of aromatic hydroxyl groups is 1. The van der Waals surface area contributed by atoms with Crippen molar-refractivity contribution < 1.29 is 14.4 Å². The summed E-state index contributed by atoms with van der Waals surface area (Å²) in [6.07, 6.45) is 0. The maximum atomic E-state index is 9.67. The van der Waals surface area contributed by atoms with Gasteiger partial charge in [-0.25, -0.2) is 0 Å². The lowest BCUT2D eigenvalue weighted by atomic mass is 10.1. The summed E-state index contributed by atoms with van der Waals surface area (Å²) in [5.41, 5.74) is -0.107. The monoisotopic (exact) mass is 234 g/mol. The molecule has 1 N–H and O–H groups in total. The quantitative estimate of drug-likeness (QED) is 0.882. The number of hydrogen-bond acceptors (Lipinski definition) is 5. The van der Waals surface area contributed by atoms with Crippen molar-refractivity contribution in [3.05, 3.63) is 30.1 Å². The third-order valence-corrected chi connectivity index (χ3v) is 2.61. The molecule has 0 amide bonds. The zero-order chi connectivity index (χ0) is 12.5. The van der Waals surface area contributed by atoms with Crippen LogP contribution in [-0.4, -0.2) is 22.4 Å². The van der Waals surface area contributed by atoms with Gasteiger partial charge in [0.1, 0.15) is 11.4 Å². The molecular weight excluding hydrogens is 220 g/mol. The van der Waals surface area contributed by atoms with Gasteiger partial charge >= 0.3 is 0 Å². The molecule has 17 heavy (non-hydrogen) atoms. The van der Waals surface area contributed by atoms with Crippen LogP contribution in [0.5, 0.6) is 5.75 Å². The number of para-hydroxylation sites is 1. The molecule has 5 nitrogen and oxygen atoms in total. The van der Waals surface area contributed by atoms with Crippen LogP contribution < -0.4 is 0 Å².